The molecule has 0 aliphatic heterocycles. The van der Waals surface area contributed by atoms with Crippen molar-refractivity contribution >= 4 is 17.5 Å². The molecule has 36 heavy (non-hydrogen) atoms. The number of aromatic amines is 1. The van der Waals surface area contributed by atoms with Crippen molar-refractivity contribution in [3.8, 4) is 22.6 Å². The summed E-state index contributed by atoms with van der Waals surface area (Å²) in [5.41, 5.74) is 4.77. The number of benzene rings is 3. The van der Waals surface area contributed by atoms with Crippen LogP contribution in [-0.4, -0.2) is 27.8 Å². The lowest BCUT2D eigenvalue weighted by Crippen LogP contribution is -2.34. The highest BCUT2D eigenvalue weighted by Crippen LogP contribution is 2.24. The van der Waals surface area contributed by atoms with Crippen LogP contribution < -0.4 is 10.6 Å². The molecule has 182 valence electrons. The molecule has 0 atom stereocenters. The normalized spacial score (nSPS) is 14.1. The van der Waals surface area contributed by atoms with Gasteiger partial charge in [0, 0.05) is 28.4 Å². The lowest BCUT2D eigenvalue weighted by Gasteiger charge is -2.16. The summed E-state index contributed by atoms with van der Waals surface area (Å²) in [4.78, 5) is 32.9. The number of nitrogens with zero attached hydrogens (tertiary/aromatic N) is 1. The van der Waals surface area contributed by atoms with Crippen molar-refractivity contribution in [2.75, 3.05) is 5.32 Å². The van der Waals surface area contributed by atoms with E-state index in [4.69, 9.17) is 0 Å². The molecule has 0 spiro atoms. The Balaban J connectivity index is 1.21. The second-order valence-electron chi connectivity index (χ2n) is 9.28. The largest absolute Gasteiger partial charge is 0.349 e. The number of aromatic nitrogens is 2. The number of H-pyrrole nitrogens is 1. The van der Waals surface area contributed by atoms with Crippen LogP contribution >= 0.6 is 0 Å². The first-order valence-corrected chi connectivity index (χ1v) is 12.6. The number of hydrogen-bond acceptors (Lipinski definition) is 3. The highest BCUT2D eigenvalue weighted by Gasteiger charge is 2.16. The van der Waals surface area contributed by atoms with Gasteiger partial charge in [-0.05, 0) is 66.9 Å². The third-order valence-electron chi connectivity index (χ3n) is 6.68. The van der Waals surface area contributed by atoms with Crippen LogP contribution in [0.2, 0.25) is 0 Å². The Morgan fingerprint density at radius 3 is 2.06 bits per heavy atom. The Morgan fingerprint density at radius 1 is 0.722 bits per heavy atom. The van der Waals surface area contributed by atoms with Crippen LogP contribution in [0.1, 0.15) is 59.2 Å². The molecule has 1 aliphatic carbocycles. The van der Waals surface area contributed by atoms with E-state index in [1.165, 1.54) is 25.7 Å². The van der Waals surface area contributed by atoms with Crippen molar-refractivity contribution in [2.45, 2.75) is 44.6 Å². The quantitative estimate of drug-likeness (QED) is 0.278. The second-order valence-corrected chi connectivity index (χ2v) is 9.28. The summed E-state index contributed by atoms with van der Waals surface area (Å²) in [5, 5.41) is 6.11. The second kappa shape index (κ2) is 11.0. The summed E-state index contributed by atoms with van der Waals surface area (Å²) in [5.74, 6) is 0.592. The van der Waals surface area contributed by atoms with Crippen LogP contribution in [0.25, 0.3) is 22.6 Å². The van der Waals surface area contributed by atoms with E-state index >= 15 is 0 Å². The number of imidazole rings is 1. The van der Waals surface area contributed by atoms with Gasteiger partial charge in [-0.2, -0.15) is 0 Å². The number of carbonyl (C=O) groups excluding carboxylic acids is 2. The third kappa shape index (κ3) is 5.71. The van der Waals surface area contributed by atoms with Crippen molar-refractivity contribution in [1.29, 1.82) is 0 Å². The fourth-order valence-corrected chi connectivity index (χ4v) is 4.61. The number of nitrogens with one attached hydrogen (secondary N) is 3. The topological polar surface area (TPSA) is 86.9 Å². The Morgan fingerprint density at radius 2 is 1.36 bits per heavy atom. The Hall–Kier alpha value is -4.19. The van der Waals surface area contributed by atoms with Crippen molar-refractivity contribution in [3.05, 3.63) is 96.2 Å². The van der Waals surface area contributed by atoms with Crippen LogP contribution in [-0.2, 0) is 0 Å². The fraction of sp³-hybridized carbons (Fsp3) is 0.233. The molecule has 1 heterocycles. The molecule has 2 amide bonds. The minimum Gasteiger partial charge on any atom is -0.349 e. The van der Waals surface area contributed by atoms with Crippen LogP contribution in [0.4, 0.5) is 5.69 Å². The lowest BCUT2D eigenvalue weighted by molar-refractivity contribution is 0.0932. The molecule has 3 N–H and O–H groups in total. The maximum Gasteiger partial charge on any atom is 0.255 e. The predicted octanol–water partition coefficient (Wildman–Crippen LogP) is 6.45. The predicted molar refractivity (Wildman–Crippen MR) is 143 cm³/mol. The minimum absolute atomic E-state index is 0.00167. The van der Waals surface area contributed by atoms with Gasteiger partial charge in [0.1, 0.15) is 5.82 Å². The number of amides is 2. The summed E-state index contributed by atoms with van der Waals surface area (Å²) >= 11 is 0. The van der Waals surface area contributed by atoms with Gasteiger partial charge in [0.25, 0.3) is 11.8 Å². The van der Waals surface area contributed by atoms with Crippen molar-refractivity contribution < 1.29 is 9.59 Å². The van der Waals surface area contributed by atoms with E-state index in [-0.39, 0.29) is 17.9 Å². The highest BCUT2D eigenvalue weighted by molar-refractivity contribution is 6.04. The van der Waals surface area contributed by atoms with Gasteiger partial charge in [-0.1, -0.05) is 56.0 Å². The molecule has 5 rings (SSSR count). The summed E-state index contributed by atoms with van der Waals surface area (Å²) in [6.45, 7) is 0. The standard InChI is InChI=1S/C30H30N4O2/c35-29(23-8-4-3-5-9-23)33-26-18-16-22(17-19-26)28-31-20-27(34-28)21-12-14-24(15-13-21)30(36)32-25-10-6-1-2-7-11-25/h3-5,8-9,12-20,25H,1-2,6-7,10-11H2,(H,31,34)(H,32,36)(H,33,35). The molecule has 0 unspecified atom stereocenters. The zero-order valence-electron chi connectivity index (χ0n) is 20.2. The Kier molecular flexibility index (Phi) is 7.22. The molecule has 3 aromatic carbocycles. The highest BCUT2D eigenvalue weighted by atomic mass is 16.2. The molecule has 0 bridgehead atoms. The van der Waals surface area contributed by atoms with Crippen LogP contribution in [0.3, 0.4) is 0 Å². The Labute approximate surface area is 211 Å². The zero-order valence-corrected chi connectivity index (χ0v) is 20.2. The number of carbonyl (C=O) groups is 2. The van der Waals surface area contributed by atoms with Crippen LogP contribution in [0.15, 0.2) is 85.1 Å². The molecule has 1 aliphatic rings. The first kappa shape index (κ1) is 23.5. The molecule has 6 heteroatoms. The Bertz CT molecular complexity index is 1300. The average molecular weight is 479 g/mol. The zero-order chi connectivity index (χ0) is 24.7. The molecule has 1 saturated carbocycles. The minimum atomic E-state index is -0.144. The molecule has 0 saturated heterocycles. The van der Waals surface area contributed by atoms with Gasteiger partial charge in [-0.15, -0.1) is 0 Å². The average Bonchev–Trinajstić information content (AvgIpc) is 3.28. The summed E-state index contributed by atoms with van der Waals surface area (Å²) in [6, 6.07) is 24.6. The van der Waals surface area contributed by atoms with Crippen LogP contribution in [0, 0.1) is 0 Å². The van der Waals surface area contributed by atoms with E-state index < -0.39 is 0 Å². The monoisotopic (exact) mass is 478 g/mol. The maximum absolute atomic E-state index is 12.7. The van der Waals surface area contributed by atoms with Crippen molar-refractivity contribution in [2.24, 2.45) is 0 Å². The SMILES string of the molecule is O=C(Nc1ccc(-c2ncc(-c3ccc(C(=O)NC4CCCCCC4)cc3)[nH]2)cc1)c1ccccc1. The smallest absolute Gasteiger partial charge is 0.255 e. The van der Waals surface area contributed by atoms with Gasteiger partial charge < -0.3 is 15.6 Å². The van der Waals surface area contributed by atoms with E-state index in [2.05, 4.69) is 20.6 Å². The van der Waals surface area contributed by atoms with Gasteiger partial charge in [0.05, 0.1) is 11.9 Å². The third-order valence-corrected chi connectivity index (χ3v) is 6.68. The van der Waals surface area contributed by atoms with E-state index in [1.54, 1.807) is 18.3 Å². The van der Waals surface area contributed by atoms with Crippen LogP contribution in [0.5, 0.6) is 0 Å². The summed E-state index contributed by atoms with van der Waals surface area (Å²) < 4.78 is 0. The molecule has 1 aromatic heterocycles. The molecule has 0 radical (unpaired) electrons. The van der Waals surface area contributed by atoms with E-state index in [1.807, 2.05) is 66.7 Å². The van der Waals surface area contributed by atoms with Crippen molar-refractivity contribution in [3.63, 3.8) is 0 Å². The molecular weight excluding hydrogens is 448 g/mol. The molecule has 6 nitrogen and oxygen atoms in total. The molecule has 4 aromatic rings. The molecule has 1 fully saturated rings. The van der Waals surface area contributed by atoms with Gasteiger partial charge in [-0.3, -0.25) is 9.59 Å². The number of rotatable bonds is 6. The van der Waals surface area contributed by atoms with E-state index in [0.29, 0.717) is 11.1 Å². The van der Waals surface area contributed by atoms with E-state index in [9.17, 15) is 9.59 Å². The van der Waals surface area contributed by atoms with Gasteiger partial charge >= 0.3 is 0 Å². The first-order valence-electron chi connectivity index (χ1n) is 12.6. The van der Waals surface area contributed by atoms with Gasteiger partial charge in [0.2, 0.25) is 0 Å². The van der Waals surface area contributed by atoms with Gasteiger partial charge in [0.15, 0.2) is 0 Å². The van der Waals surface area contributed by atoms with Crippen molar-refractivity contribution in [1.82, 2.24) is 15.3 Å². The first-order chi connectivity index (χ1) is 17.7. The van der Waals surface area contributed by atoms with E-state index in [0.717, 1.165) is 41.2 Å². The summed E-state index contributed by atoms with van der Waals surface area (Å²) in [7, 11) is 0. The summed E-state index contributed by atoms with van der Waals surface area (Å²) in [6.07, 6.45) is 8.85. The molecular formula is C30H30N4O2. The maximum atomic E-state index is 12.7. The fourth-order valence-electron chi connectivity index (χ4n) is 4.61. The lowest BCUT2D eigenvalue weighted by atomic mass is 10.1. The number of anilines is 1. The number of hydrogen-bond donors (Lipinski definition) is 3. The van der Waals surface area contributed by atoms with Gasteiger partial charge in [-0.25, -0.2) is 4.98 Å².